The predicted molar refractivity (Wildman–Crippen MR) is 113 cm³/mol. The molecule has 0 unspecified atom stereocenters. The Morgan fingerprint density at radius 1 is 1.17 bits per heavy atom. The average molecular weight is 408 g/mol. The van der Waals surface area contributed by atoms with Crippen LogP contribution in [-0.2, 0) is 24.3 Å². The highest BCUT2D eigenvalue weighted by Crippen LogP contribution is 2.20. The Bertz CT molecular complexity index is 1230. The van der Waals surface area contributed by atoms with Crippen molar-refractivity contribution in [1.82, 2.24) is 19.5 Å². The number of fused-ring (bicyclic) bond motifs is 3. The smallest absolute Gasteiger partial charge is 0.291 e. The van der Waals surface area contributed by atoms with Crippen molar-refractivity contribution < 1.29 is 13.9 Å². The largest absolute Gasteiger partial charge is 0.494 e. The van der Waals surface area contributed by atoms with Gasteiger partial charge in [-0.25, -0.2) is 4.68 Å². The molecule has 30 heavy (non-hydrogen) atoms. The summed E-state index contributed by atoms with van der Waals surface area (Å²) >= 11 is 0. The maximum absolute atomic E-state index is 12.8. The van der Waals surface area contributed by atoms with Crippen LogP contribution in [0.3, 0.4) is 0 Å². The number of ether oxygens (including phenoxy) is 1. The molecule has 8 nitrogen and oxygen atoms in total. The van der Waals surface area contributed by atoms with Gasteiger partial charge in [0.05, 0.1) is 18.4 Å². The molecule has 1 amide bonds. The fourth-order valence-corrected chi connectivity index (χ4v) is 3.37. The third-order valence-corrected chi connectivity index (χ3v) is 4.87. The maximum atomic E-state index is 12.8. The van der Waals surface area contributed by atoms with Gasteiger partial charge in [-0.1, -0.05) is 26.0 Å². The summed E-state index contributed by atoms with van der Waals surface area (Å²) in [6.45, 7) is 4.90. The number of benzene rings is 1. The number of carbonyl (C=O) groups is 1. The molecule has 0 spiro atoms. The molecule has 0 bridgehead atoms. The quantitative estimate of drug-likeness (QED) is 0.484. The summed E-state index contributed by atoms with van der Waals surface area (Å²) in [5.74, 6) is 1.22. The molecule has 3 heterocycles. The third-order valence-electron chi connectivity index (χ3n) is 4.87. The SMILES string of the molecule is CCCOc1ccc(CNC(=O)Cn2nc(CC)n3c(cc4occc43)c2=O)cc1. The zero-order chi connectivity index (χ0) is 21.1. The fourth-order valence-electron chi connectivity index (χ4n) is 3.37. The second-order valence-electron chi connectivity index (χ2n) is 7.04. The van der Waals surface area contributed by atoms with Crippen molar-refractivity contribution in [1.29, 1.82) is 0 Å². The summed E-state index contributed by atoms with van der Waals surface area (Å²) in [6.07, 6.45) is 3.14. The number of furan rings is 1. The lowest BCUT2D eigenvalue weighted by molar-refractivity contribution is -0.122. The second-order valence-corrected chi connectivity index (χ2v) is 7.04. The summed E-state index contributed by atoms with van der Waals surface area (Å²) in [5, 5.41) is 7.24. The number of carbonyl (C=O) groups excluding carboxylic acids is 1. The first kappa shape index (κ1) is 19.8. The zero-order valence-corrected chi connectivity index (χ0v) is 17.1. The van der Waals surface area contributed by atoms with Crippen LogP contribution in [0.1, 0.15) is 31.7 Å². The molecular formula is C22H24N4O4. The molecule has 0 aliphatic rings. The highest BCUT2D eigenvalue weighted by atomic mass is 16.5. The van der Waals surface area contributed by atoms with Crippen LogP contribution in [0.15, 0.2) is 51.9 Å². The van der Waals surface area contributed by atoms with E-state index < -0.39 is 0 Å². The lowest BCUT2D eigenvalue weighted by Gasteiger charge is -2.10. The topological polar surface area (TPSA) is 90.8 Å². The zero-order valence-electron chi connectivity index (χ0n) is 17.1. The molecule has 1 aromatic carbocycles. The van der Waals surface area contributed by atoms with Crippen molar-refractivity contribution in [2.24, 2.45) is 0 Å². The Balaban J connectivity index is 1.48. The van der Waals surface area contributed by atoms with E-state index >= 15 is 0 Å². The number of hydrogen-bond donors (Lipinski definition) is 1. The van der Waals surface area contributed by atoms with E-state index in [2.05, 4.69) is 17.3 Å². The minimum Gasteiger partial charge on any atom is -0.494 e. The van der Waals surface area contributed by atoms with E-state index in [1.165, 1.54) is 4.68 Å². The third kappa shape index (κ3) is 3.80. The summed E-state index contributed by atoms with van der Waals surface area (Å²) in [7, 11) is 0. The molecule has 0 aliphatic heterocycles. The Kier molecular flexibility index (Phi) is 5.56. The molecule has 0 fully saturated rings. The molecule has 0 radical (unpaired) electrons. The van der Waals surface area contributed by atoms with Crippen molar-refractivity contribution in [2.45, 2.75) is 39.8 Å². The van der Waals surface area contributed by atoms with E-state index in [9.17, 15) is 9.59 Å². The van der Waals surface area contributed by atoms with Crippen LogP contribution in [0.4, 0.5) is 0 Å². The Labute approximate surface area is 173 Å². The first-order valence-corrected chi connectivity index (χ1v) is 10.1. The van der Waals surface area contributed by atoms with Gasteiger partial charge < -0.3 is 14.5 Å². The summed E-state index contributed by atoms with van der Waals surface area (Å²) in [5.41, 5.74) is 2.49. The van der Waals surface area contributed by atoms with Crippen molar-refractivity contribution in [3.8, 4) is 5.75 Å². The number of amides is 1. The van der Waals surface area contributed by atoms with Crippen molar-refractivity contribution in [3.05, 3.63) is 64.4 Å². The second kappa shape index (κ2) is 8.44. The lowest BCUT2D eigenvalue weighted by atomic mass is 10.2. The maximum Gasteiger partial charge on any atom is 0.291 e. The Morgan fingerprint density at radius 2 is 1.97 bits per heavy atom. The number of nitrogens with zero attached hydrogens (tertiary/aromatic N) is 3. The minimum absolute atomic E-state index is 0.146. The van der Waals surface area contributed by atoms with Gasteiger partial charge in [-0.05, 0) is 24.1 Å². The van der Waals surface area contributed by atoms with Crippen LogP contribution in [-0.4, -0.2) is 26.7 Å². The lowest BCUT2D eigenvalue weighted by Crippen LogP contribution is -2.35. The van der Waals surface area contributed by atoms with Gasteiger partial charge >= 0.3 is 0 Å². The molecule has 0 aliphatic carbocycles. The molecule has 0 saturated heterocycles. The Hall–Kier alpha value is -3.55. The van der Waals surface area contributed by atoms with Gasteiger partial charge in [0.2, 0.25) is 5.91 Å². The first-order valence-electron chi connectivity index (χ1n) is 10.1. The van der Waals surface area contributed by atoms with Crippen molar-refractivity contribution >= 4 is 22.5 Å². The molecule has 1 N–H and O–H groups in total. The molecule has 3 aromatic heterocycles. The van der Waals surface area contributed by atoms with Gasteiger partial charge in [0.15, 0.2) is 5.58 Å². The van der Waals surface area contributed by atoms with Gasteiger partial charge in [-0.3, -0.25) is 14.0 Å². The number of aryl methyl sites for hydroxylation is 1. The molecular weight excluding hydrogens is 384 g/mol. The van der Waals surface area contributed by atoms with E-state index in [0.29, 0.717) is 36.5 Å². The van der Waals surface area contributed by atoms with E-state index in [1.54, 1.807) is 22.8 Å². The highest BCUT2D eigenvalue weighted by Gasteiger charge is 2.16. The van der Waals surface area contributed by atoms with Crippen LogP contribution in [0.2, 0.25) is 0 Å². The van der Waals surface area contributed by atoms with Gasteiger partial charge in [-0.15, -0.1) is 0 Å². The summed E-state index contributed by atoms with van der Waals surface area (Å²) < 4.78 is 14.0. The van der Waals surface area contributed by atoms with Gasteiger partial charge in [0, 0.05) is 25.1 Å². The number of aromatic nitrogens is 3. The molecule has 0 atom stereocenters. The van der Waals surface area contributed by atoms with E-state index in [1.807, 2.05) is 31.2 Å². The predicted octanol–water partition coefficient (Wildman–Crippen LogP) is 2.91. The summed E-state index contributed by atoms with van der Waals surface area (Å²) in [4.78, 5) is 25.3. The van der Waals surface area contributed by atoms with Crippen LogP contribution in [0.25, 0.3) is 16.6 Å². The van der Waals surface area contributed by atoms with Crippen LogP contribution in [0.5, 0.6) is 5.75 Å². The van der Waals surface area contributed by atoms with E-state index in [0.717, 1.165) is 23.3 Å². The van der Waals surface area contributed by atoms with Gasteiger partial charge in [0.25, 0.3) is 5.56 Å². The fraction of sp³-hybridized carbons (Fsp3) is 0.318. The monoisotopic (exact) mass is 408 g/mol. The van der Waals surface area contributed by atoms with Crippen molar-refractivity contribution in [3.63, 3.8) is 0 Å². The van der Waals surface area contributed by atoms with E-state index in [4.69, 9.17) is 9.15 Å². The molecule has 4 rings (SSSR count). The van der Waals surface area contributed by atoms with Crippen LogP contribution < -0.4 is 15.6 Å². The summed E-state index contributed by atoms with van der Waals surface area (Å²) in [6, 6.07) is 11.1. The van der Waals surface area contributed by atoms with Gasteiger partial charge in [-0.2, -0.15) is 5.10 Å². The number of hydrogen-bond acceptors (Lipinski definition) is 5. The van der Waals surface area contributed by atoms with Crippen molar-refractivity contribution in [2.75, 3.05) is 6.61 Å². The standard InChI is InChI=1S/C22H24N4O4/c1-3-10-29-16-7-5-15(6-8-16)13-23-21(27)14-25-22(28)18-12-19-17(9-11-30-19)26(18)20(4-2)24-25/h5-9,11-12H,3-4,10,13-14H2,1-2H3,(H,23,27). The highest BCUT2D eigenvalue weighted by molar-refractivity contribution is 5.82. The number of rotatable bonds is 8. The molecule has 0 saturated carbocycles. The van der Waals surface area contributed by atoms with Crippen LogP contribution in [0, 0.1) is 0 Å². The minimum atomic E-state index is -0.328. The van der Waals surface area contributed by atoms with E-state index in [-0.39, 0.29) is 18.0 Å². The van der Waals surface area contributed by atoms with Crippen LogP contribution >= 0.6 is 0 Å². The average Bonchev–Trinajstić information content (AvgIpc) is 3.35. The first-order chi connectivity index (χ1) is 14.6. The molecule has 8 heteroatoms. The van der Waals surface area contributed by atoms with Gasteiger partial charge in [0.1, 0.15) is 23.6 Å². The number of nitrogens with one attached hydrogen (secondary N) is 1. The Morgan fingerprint density at radius 3 is 2.70 bits per heavy atom. The molecule has 156 valence electrons. The molecule has 4 aromatic rings. The normalized spacial score (nSPS) is 11.3.